The van der Waals surface area contributed by atoms with Gasteiger partial charge in [0.1, 0.15) is 11.6 Å². The van der Waals surface area contributed by atoms with Gasteiger partial charge < -0.3 is 15.4 Å². The number of aromatic nitrogens is 1. The molecule has 22 heavy (non-hydrogen) atoms. The molecule has 0 unspecified atom stereocenters. The maximum Gasteiger partial charge on any atom is 0.223 e. The molecular formula is C15H18FN3O2S. The molecule has 1 atom stereocenters. The molecule has 1 aromatic carbocycles. The lowest BCUT2D eigenvalue weighted by atomic mass is 10.1. The first-order chi connectivity index (χ1) is 10.5. The molecule has 1 heterocycles. The Balaban J connectivity index is 2.02. The number of benzene rings is 1. The average molecular weight is 323 g/mol. The number of carbonyl (C=O) groups excluding carboxylic acids is 1. The summed E-state index contributed by atoms with van der Waals surface area (Å²) in [6.45, 7) is 3.77. The van der Waals surface area contributed by atoms with Gasteiger partial charge in [-0.1, -0.05) is 6.07 Å². The van der Waals surface area contributed by atoms with Crippen LogP contribution < -0.4 is 15.4 Å². The van der Waals surface area contributed by atoms with Gasteiger partial charge in [0.2, 0.25) is 5.91 Å². The lowest BCUT2D eigenvalue weighted by molar-refractivity contribution is -0.114. The van der Waals surface area contributed by atoms with Crippen molar-refractivity contribution in [1.29, 1.82) is 0 Å². The number of anilines is 1. The highest BCUT2D eigenvalue weighted by molar-refractivity contribution is 7.13. The predicted octanol–water partition coefficient (Wildman–Crippen LogP) is 3.10. The number of ether oxygens (including phenoxy) is 1. The van der Waals surface area contributed by atoms with Gasteiger partial charge in [-0.25, -0.2) is 9.37 Å². The number of carbonyl (C=O) groups is 1. The molecular weight excluding hydrogens is 305 g/mol. The first-order valence-corrected chi connectivity index (χ1v) is 7.67. The quantitative estimate of drug-likeness (QED) is 0.857. The van der Waals surface area contributed by atoms with E-state index in [9.17, 15) is 9.18 Å². The van der Waals surface area contributed by atoms with E-state index in [0.717, 1.165) is 5.69 Å². The van der Waals surface area contributed by atoms with Gasteiger partial charge in [-0.3, -0.25) is 4.79 Å². The summed E-state index contributed by atoms with van der Waals surface area (Å²) in [5.41, 5.74) is 1.28. The number of amides is 1. The van der Waals surface area contributed by atoms with Crippen LogP contribution in [0.4, 0.5) is 9.52 Å². The van der Waals surface area contributed by atoms with Crippen LogP contribution in [0.25, 0.3) is 0 Å². The Kier molecular flexibility index (Phi) is 5.46. The molecule has 2 rings (SSSR count). The van der Waals surface area contributed by atoms with Crippen molar-refractivity contribution in [2.24, 2.45) is 0 Å². The second kappa shape index (κ2) is 7.33. The van der Waals surface area contributed by atoms with Crippen molar-refractivity contribution in [3.05, 3.63) is 40.7 Å². The van der Waals surface area contributed by atoms with E-state index < -0.39 is 0 Å². The fourth-order valence-electron chi connectivity index (χ4n) is 2.07. The van der Waals surface area contributed by atoms with Crippen LogP contribution in [-0.4, -0.2) is 18.0 Å². The van der Waals surface area contributed by atoms with Crippen LogP contribution >= 0.6 is 11.3 Å². The number of rotatable bonds is 6. The van der Waals surface area contributed by atoms with Crippen molar-refractivity contribution in [2.75, 3.05) is 12.4 Å². The molecule has 2 N–H and O–H groups in total. The highest BCUT2D eigenvalue weighted by atomic mass is 32.1. The molecule has 0 fully saturated rings. The molecule has 1 aromatic heterocycles. The highest BCUT2D eigenvalue weighted by Crippen LogP contribution is 2.28. The number of hydrogen-bond donors (Lipinski definition) is 2. The van der Waals surface area contributed by atoms with Gasteiger partial charge in [0.25, 0.3) is 0 Å². The zero-order chi connectivity index (χ0) is 16.1. The fourth-order valence-corrected chi connectivity index (χ4v) is 2.83. The third-order valence-electron chi connectivity index (χ3n) is 3.09. The molecule has 0 saturated carbocycles. The molecule has 2 aromatic rings. The number of methoxy groups -OCH3 is 1. The zero-order valence-electron chi connectivity index (χ0n) is 12.6. The van der Waals surface area contributed by atoms with Crippen LogP contribution in [0.3, 0.4) is 0 Å². The number of thiazole rings is 1. The molecule has 0 aliphatic heterocycles. The van der Waals surface area contributed by atoms with Gasteiger partial charge in [0.15, 0.2) is 5.13 Å². The minimum atomic E-state index is -0.309. The van der Waals surface area contributed by atoms with E-state index >= 15 is 0 Å². The molecule has 1 amide bonds. The Hall–Kier alpha value is -1.99. The Bertz CT molecular complexity index is 660. The summed E-state index contributed by atoms with van der Waals surface area (Å²) in [7, 11) is 1.52. The molecule has 0 saturated heterocycles. The summed E-state index contributed by atoms with van der Waals surface area (Å²) in [4.78, 5) is 15.2. The van der Waals surface area contributed by atoms with Crippen molar-refractivity contribution in [3.8, 4) is 5.75 Å². The van der Waals surface area contributed by atoms with Crippen LogP contribution in [0.5, 0.6) is 5.75 Å². The molecule has 7 heteroatoms. The summed E-state index contributed by atoms with van der Waals surface area (Å²) in [5.74, 6) is 0.0482. The van der Waals surface area contributed by atoms with Gasteiger partial charge >= 0.3 is 0 Å². The maximum atomic E-state index is 14.0. The van der Waals surface area contributed by atoms with E-state index in [1.165, 1.54) is 31.4 Å². The Morgan fingerprint density at radius 3 is 2.95 bits per heavy atom. The second-order valence-electron chi connectivity index (χ2n) is 4.78. The van der Waals surface area contributed by atoms with E-state index in [2.05, 4.69) is 15.6 Å². The third-order valence-corrected chi connectivity index (χ3v) is 3.90. The molecule has 0 spiro atoms. The standard InChI is InChI=1S/C15H18FN3O2S/c1-9(14-12(16)5-4-6-13(14)21-3)17-7-11-8-22-15(19-11)18-10(2)20/h4-6,8-9,17H,7H2,1-3H3,(H,18,19,20)/t9-/m0/s1. The first kappa shape index (κ1) is 16.4. The van der Waals surface area contributed by atoms with E-state index in [1.54, 1.807) is 12.1 Å². The second-order valence-corrected chi connectivity index (χ2v) is 5.64. The Morgan fingerprint density at radius 2 is 2.27 bits per heavy atom. The topological polar surface area (TPSA) is 63.2 Å². The predicted molar refractivity (Wildman–Crippen MR) is 84.6 cm³/mol. The fraction of sp³-hybridized carbons (Fsp3) is 0.333. The van der Waals surface area contributed by atoms with E-state index in [4.69, 9.17) is 4.74 Å². The van der Waals surface area contributed by atoms with E-state index in [1.807, 2.05) is 12.3 Å². The molecule has 0 aliphatic carbocycles. The zero-order valence-corrected chi connectivity index (χ0v) is 13.5. The number of nitrogens with zero attached hydrogens (tertiary/aromatic N) is 1. The summed E-state index contributed by atoms with van der Waals surface area (Å²) in [6.07, 6.45) is 0. The Morgan fingerprint density at radius 1 is 1.50 bits per heavy atom. The lowest BCUT2D eigenvalue weighted by Crippen LogP contribution is -2.20. The summed E-state index contributed by atoms with van der Waals surface area (Å²) >= 11 is 1.35. The van der Waals surface area contributed by atoms with Gasteiger partial charge in [-0.2, -0.15) is 0 Å². The molecule has 0 radical (unpaired) electrons. The third kappa shape index (κ3) is 4.02. The monoisotopic (exact) mass is 323 g/mol. The number of nitrogens with one attached hydrogen (secondary N) is 2. The summed E-state index contributed by atoms with van der Waals surface area (Å²) in [6, 6.07) is 4.52. The number of halogens is 1. The highest BCUT2D eigenvalue weighted by Gasteiger charge is 2.16. The van der Waals surface area contributed by atoms with Crippen molar-refractivity contribution in [2.45, 2.75) is 26.4 Å². The minimum Gasteiger partial charge on any atom is -0.496 e. The van der Waals surface area contributed by atoms with Crippen LogP contribution in [0.1, 0.15) is 31.1 Å². The first-order valence-electron chi connectivity index (χ1n) is 6.79. The smallest absolute Gasteiger partial charge is 0.223 e. The normalized spacial score (nSPS) is 12.0. The van der Waals surface area contributed by atoms with Crippen LogP contribution in [0.15, 0.2) is 23.6 Å². The SMILES string of the molecule is COc1cccc(F)c1[C@H](C)NCc1csc(NC(C)=O)n1. The molecule has 0 aliphatic rings. The van der Waals surface area contributed by atoms with Crippen LogP contribution in [0.2, 0.25) is 0 Å². The molecule has 0 bridgehead atoms. The van der Waals surface area contributed by atoms with E-state index in [-0.39, 0.29) is 17.8 Å². The van der Waals surface area contributed by atoms with Crippen molar-refractivity contribution in [3.63, 3.8) is 0 Å². The maximum absolute atomic E-state index is 14.0. The molecule has 5 nitrogen and oxygen atoms in total. The Labute approximate surface area is 132 Å². The van der Waals surface area contributed by atoms with Crippen molar-refractivity contribution < 1.29 is 13.9 Å². The van der Waals surface area contributed by atoms with Gasteiger partial charge in [-0.15, -0.1) is 11.3 Å². The average Bonchev–Trinajstić information content (AvgIpc) is 2.91. The van der Waals surface area contributed by atoms with Crippen molar-refractivity contribution >= 4 is 22.4 Å². The van der Waals surface area contributed by atoms with E-state index in [0.29, 0.717) is 23.0 Å². The molecule has 118 valence electrons. The van der Waals surface area contributed by atoms with Crippen LogP contribution in [0, 0.1) is 5.82 Å². The summed E-state index contributed by atoms with van der Waals surface area (Å²) < 4.78 is 19.2. The largest absolute Gasteiger partial charge is 0.496 e. The van der Waals surface area contributed by atoms with Gasteiger partial charge in [-0.05, 0) is 19.1 Å². The minimum absolute atomic E-state index is 0.154. The van der Waals surface area contributed by atoms with Gasteiger partial charge in [0, 0.05) is 30.5 Å². The van der Waals surface area contributed by atoms with Gasteiger partial charge in [0.05, 0.1) is 12.8 Å². The summed E-state index contributed by atoms with van der Waals surface area (Å²) in [5, 5.41) is 8.25. The van der Waals surface area contributed by atoms with Crippen LogP contribution in [-0.2, 0) is 11.3 Å². The van der Waals surface area contributed by atoms with Crippen molar-refractivity contribution in [1.82, 2.24) is 10.3 Å². The number of hydrogen-bond acceptors (Lipinski definition) is 5. The lowest BCUT2D eigenvalue weighted by Gasteiger charge is -2.17.